The normalized spacial score (nSPS) is 8.62. The minimum Gasteiger partial charge on any atom is -0.480 e. The quantitative estimate of drug-likeness (QED) is 0.519. The van der Waals surface area contributed by atoms with Crippen LogP contribution in [0.5, 0.6) is 5.88 Å². The van der Waals surface area contributed by atoms with Crippen LogP contribution in [0.1, 0.15) is 0 Å². The van der Waals surface area contributed by atoms with E-state index in [1.165, 1.54) is 0 Å². The summed E-state index contributed by atoms with van der Waals surface area (Å²) in [7, 11) is 1.55. The summed E-state index contributed by atoms with van der Waals surface area (Å²) in [5, 5.41) is 7.02. The SMILES string of the molecule is COc1cc[c]nn1. The minimum atomic E-state index is 0.517. The highest BCUT2D eigenvalue weighted by atomic mass is 16.5. The molecule has 1 aromatic rings. The average Bonchev–Trinajstić information content (AvgIpc) is 1.90. The van der Waals surface area contributed by atoms with Gasteiger partial charge in [0.15, 0.2) is 0 Å². The molecule has 1 aromatic heterocycles. The van der Waals surface area contributed by atoms with E-state index in [0.717, 1.165) is 0 Å². The predicted molar refractivity (Wildman–Crippen MR) is 27.4 cm³/mol. The third-order valence-electron chi connectivity index (χ3n) is 0.716. The van der Waals surface area contributed by atoms with Gasteiger partial charge in [-0.1, -0.05) is 0 Å². The summed E-state index contributed by atoms with van der Waals surface area (Å²) < 4.78 is 4.72. The molecule has 0 spiro atoms. The van der Waals surface area contributed by atoms with Crippen LogP contribution in [0.4, 0.5) is 0 Å². The lowest BCUT2D eigenvalue weighted by Gasteiger charge is -1.90. The molecule has 1 radical (unpaired) electrons. The van der Waals surface area contributed by atoms with E-state index in [1.54, 1.807) is 19.2 Å². The topological polar surface area (TPSA) is 35.0 Å². The van der Waals surface area contributed by atoms with Gasteiger partial charge >= 0.3 is 0 Å². The van der Waals surface area contributed by atoms with Gasteiger partial charge in [-0.05, 0) is 6.07 Å². The molecular weight excluding hydrogens is 104 g/mol. The molecule has 0 aliphatic carbocycles. The zero-order chi connectivity index (χ0) is 5.82. The van der Waals surface area contributed by atoms with E-state index in [-0.39, 0.29) is 0 Å². The summed E-state index contributed by atoms with van der Waals surface area (Å²) in [6.45, 7) is 0. The molecule has 0 bridgehead atoms. The molecule has 0 aliphatic heterocycles. The second-order valence-electron chi connectivity index (χ2n) is 1.20. The van der Waals surface area contributed by atoms with Crippen molar-refractivity contribution in [2.45, 2.75) is 0 Å². The molecule has 0 saturated carbocycles. The van der Waals surface area contributed by atoms with Gasteiger partial charge in [0.2, 0.25) is 5.88 Å². The summed E-state index contributed by atoms with van der Waals surface area (Å²) in [6.07, 6.45) is 2.53. The zero-order valence-corrected chi connectivity index (χ0v) is 4.46. The molecule has 3 heteroatoms. The van der Waals surface area contributed by atoms with E-state index in [1.807, 2.05) is 0 Å². The van der Waals surface area contributed by atoms with Crippen LogP contribution in [-0.2, 0) is 0 Å². The Morgan fingerprint density at radius 3 is 3.00 bits per heavy atom. The first-order valence-electron chi connectivity index (χ1n) is 2.17. The largest absolute Gasteiger partial charge is 0.480 e. The van der Waals surface area contributed by atoms with Crippen molar-refractivity contribution < 1.29 is 4.74 Å². The average molecular weight is 109 g/mol. The Hall–Kier alpha value is -1.12. The lowest BCUT2D eigenvalue weighted by Crippen LogP contribution is -1.87. The maximum atomic E-state index is 4.72. The molecule has 0 aromatic carbocycles. The number of methoxy groups -OCH3 is 1. The van der Waals surface area contributed by atoms with Crippen LogP contribution in [-0.4, -0.2) is 17.3 Å². The molecule has 0 saturated heterocycles. The van der Waals surface area contributed by atoms with E-state index < -0.39 is 0 Å². The molecule has 0 N–H and O–H groups in total. The van der Waals surface area contributed by atoms with Gasteiger partial charge < -0.3 is 4.74 Å². The number of aromatic nitrogens is 2. The summed E-state index contributed by atoms with van der Waals surface area (Å²) in [5.41, 5.74) is 0. The molecule has 1 rings (SSSR count). The van der Waals surface area contributed by atoms with Gasteiger partial charge in [-0.25, -0.2) is 0 Å². The van der Waals surface area contributed by atoms with Crippen LogP contribution >= 0.6 is 0 Å². The van der Waals surface area contributed by atoms with Crippen molar-refractivity contribution in [3.63, 3.8) is 0 Å². The Morgan fingerprint density at radius 2 is 2.62 bits per heavy atom. The van der Waals surface area contributed by atoms with Crippen LogP contribution < -0.4 is 4.74 Å². The number of hydrogen-bond acceptors (Lipinski definition) is 3. The highest BCUT2D eigenvalue weighted by molar-refractivity contribution is 5.03. The van der Waals surface area contributed by atoms with Gasteiger partial charge in [0.05, 0.1) is 7.11 Å². The Bertz CT molecular complexity index is 152. The molecule has 41 valence electrons. The fourth-order valence-corrected chi connectivity index (χ4v) is 0.362. The lowest BCUT2D eigenvalue weighted by atomic mass is 10.6. The second kappa shape index (κ2) is 2.26. The van der Waals surface area contributed by atoms with E-state index >= 15 is 0 Å². The highest BCUT2D eigenvalue weighted by Gasteiger charge is 1.84. The fourth-order valence-electron chi connectivity index (χ4n) is 0.362. The number of rotatable bonds is 1. The van der Waals surface area contributed by atoms with E-state index in [0.29, 0.717) is 5.88 Å². The molecule has 3 nitrogen and oxygen atoms in total. The summed E-state index contributed by atoms with van der Waals surface area (Å²) in [4.78, 5) is 0. The molecule has 1 heterocycles. The van der Waals surface area contributed by atoms with Crippen molar-refractivity contribution in [2.75, 3.05) is 7.11 Å². The van der Waals surface area contributed by atoms with E-state index in [4.69, 9.17) is 4.74 Å². The molecular formula is C5H5N2O. The van der Waals surface area contributed by atoms with Gasteiger partial charge in [-0.2, -0.15) is 0 Å². The Labute approximate surface area is 47.3 Å². The first-order chi connectivity index (χ1) is 3.93. The first-order valence-corrected chi connectivity index (χ1v) is 2.17. The smallest absolute Gasteiger partial charge is 0.233 e. The zero-order valence-electron chi connectivity index (χ0n) is 4.46. The molecule has 0 aliphatic rings. The van der Waals surface area contributed by atoms with Gasteiger partial charge in [0.1, 0.15) is 6.20 Å². The summed E-state index contributed by atoms with van der Waals surface area (Å²) in [5.74, 6) is 0.517. The van der Waals surface area contributed by atoms with Crippen molar-refractivity contribution in [3.8, 4) is 5.88 Å². The standard InChI is InChI=1S/C5H5N2O/c1-8-5-3-2-4-6-7-5/h2-3H,1H3. The first kappa shape index (κ1) is 5.03. The maximum Gasteiger partial charge on any atom is 0.233 e. The van der Waals surface area contributed by atoms with Crippen LogP contribution in [0, 0.1) is 6.20 Å². The maximum absolute atomic E-state index is 4.72. The third kappa shape index (κ3) is 0.932. The number of hydrogen-bond donors (Lipinski definition) is 0. The van der Waals surface area contributed by atoms with Gasteiger partial charge in [0, 0.05) is 6.07 Å². The van der Waals surface area contributed by atoms with Crippen molar-refractivity contribution in [3.05, 3.63) is 18.3 Å². The molecule has 0 amide bonds. The van der Waals surface area contributed by atoms with E-state index in [9.17, 15) is 0 Å². The van der Waals surface area contributed by atoms with Gasteiger partial charge in [-0.15, -0.1) is 10.2 Å². The molecule has 8 heavy (non-hydrogen) atoms. The third-order valence-corrected chi connectivity index (χ3v) is 0.716. The monoisotopic (exact) mass is 109 g/mol. The molecule has 0 fully saturated rings. The number of nitrogens with zero attached hydrogens (tertiary/aromatic N) is 2. The molecule has 0 unspecified atom stereocenters. The predicted octanol–water partition coefficient (Wildman–Crippen LogP) is 0.285. The van der Waals surface area contributed by atoms with Crippen molar-refractivity contribution in [1.29, 1.82) is 0 Å². The van der Waals surface area contributed by atoms with Crippen LogP contribution in [0.3, 0.4) is 0 Å². The van der Waals surface area contributed by atoms with Crippen molar-refractivity contribution in [2.24, 2.45) is 0 Å². The van der Waals surface area contributed by atoms with E-state index in [2.05, 4.69) is 16.4 Å². The summed E-state index contributed by atoms with van der Waals surface area (Å²) >= 11 is 0. The van der Waals surface area contributed by atoms with Gasteiger partial charge in [0.25, 0.3) is 0 Å². The van der Waals surface area contributed by atoms with Crippen LogP contribution in [0.2, 0.25) is 0 Å². The number of ether oxygens (including phenoxy) is 1. The van der Waals surface area contributed by atoms with Crippen molar-refractivity contribution >= 4 is 0 Å². The second-order valence-corrected chi connectivity index (χ2v) is 1.20. The Balaban J connectivity index is 2.83. The van der Waals surface area contributed by atoms with Crippen LogP contribution in [0.25, 0.3) is 0 Å². The lowest BCUT2D eigenvalue weighted by molar-refractivity contribution is 0.392. The Kier molecular flexibility index (Phi) is 1.42. The highest BCUT2D eigenvalue weighted by Crippen LogP contribution is 1.97. The fraction of sp³-hybridized carbons (Fsp3) is 0.200. The summed E-state index contributed by atoms with van der Waals surface area (Å²) in [6, 6.07) is 3.33. The molecule has 0 atom stereocenters. The van der Waals surface area contributed by atoms with Crippen LogP contribution in [0.15, 0.2) is 12.1 Å². The Morgan fingerprint density at radius 1 is 1.75 bits per heavy atom. The van der Waals surface area contributed by atoms with Crippen molar-refractivity contribution in [1.82, 2.24) is 10.2 Å². The van der Waals surface area contributed by atoms with Gasteiger partial charge in [-0.3, -0.25) is 0 Å². The minimum absolute atomic E-state index is 0.517.